The topological polar surface area (TPSA) is 43.4 Å². The van der Waals surface area contributed by atoms with Gasteiger partial charge in [-0.25, -0.2) is 0 Å². The fourth-order valence-corrected chi connectivity index (χ4v) is 4.93. The van der Waals surface area contributed by atoms with Gasteiger partial charge in [0.25, 0.3) is 0 Å². The van der Waals surface area contributed by atoms with Gasteiger partial charge in [-0.05, 0) is 35.1 Å². The summed E-state index contributed by atoms with van der Waals surface area (Å²) < 4.78 is 4.68. The molecule has 0 aromatic heterocycles. The number of hydrogen-bond acceptors (Lipinski definition) is 4. The first-order valence-electron chi connectivity index (χ1n) is 11.0. The SMILES string of the molecule is CCCCCCCCCCC(C)c1ccccc1C(SCCC(=O)OC)C(=O)Cl. The van der Waals surface area contributed by atoms with Gasteiger partial charge >= 0.3 is 5.97 Å². The Balaban J connectivity index is 2.58. The molecule has 3 nitrogen and oxygen atoms in total. The zero-order valence-corrected chi connectivity index (χ0v) is 19.8. The minimum absolute atomic E-state index is 0.269. The predicted octanol–water partition coefficient (Wildman–Crippen LogP) is 7.42. The van der Waals surface area contributed by atoms with Crippen LogP contribution in [-0.4, -0.2) is 24.1 Å². The fraction of sp³-hybridized carbons (Fsp3) is 0.667. The van der Waals surface area contributed by atoms with E-state index in [0.29, 0.717) is 11.7 Å². The lowest BCUT2D eigenvalue weighted by Crippen LogP contribution is -2.10. The number of halogens is 1. The van der Waals surface area contributed by atoms with E-state index in [1.165, 1.54) is 75.8 Å². The van der Waals surface area contributed by atoms with E-state index in [1.807, 2.05) is 18.2 Å². The summed E-state index contributed by atoms with van der Waals surface area (Å²) in [5.41, 5.74) is 2.18. The molecule has 0 spiro atoms. The molecule has 5 heteroatoms. The van der Waals surface area contributed by atoms with Crippen molar-refractivity contribution in [3.05, 3.63) is 35.4 Å². The largest absolute Gasteiger partial charge is 0.469 e. The maximum absolute atomic E-state index is 12.1. The highest BCUT2D eigenvalue weighted by molar-refractivity contribution is 8.00. The molecule has 0 saturated carbocycles. The van der Waals surface area contributed by atoms with E-state index < -0.39 is 5.25 Å². The van der Waals surface area contributed by atoms with Gasteiger partial charge in [-0.15, -0.1) is 11.8 Å². The number of benzene rings is 1. The van der Waals surface area contributed by atoms with E-state index in [9.17, 15) is 9.59 Å². The van der Waals surface area contributed by atoms with Gasteiger partial charge in [0.05, 0.1) is 13.5 Å². The molecule has 0 aliphatic heterocycles. The van der Waals surface area contributed by atoms with Crippen molar-refractivity contribution in [3.63, 3.8) is 0 Å². The molecular formula is C24H37ClO3S. The number of ether oxygens (including phenoxy) is 1. The van der Waals surface area contributed by atoms with E-state index in [4.69, 9.17) is 11.6 Å². The smallest absolute Gasteiger partial charge is 0.306 e. The highest BCUT2D eigenvalue weighted by Crippen LogP contribution is 2.37. The zero-order chi connectivity index (χ0) is 21.5. The van der Waals surface area contributed by atoms with Gasteiger partial charge in [-0.3, -0.25) is 9.59 Å². The first-order chi connectivity index (χ1) is 14.0. The zero-order valence-electron chi connectivity index (χ0n) is 18.3. The molecule has 1 aromatic rings. The summed E-state index contributed by atoms with van der Waals surface area (Å²) in [5.74, 6) is 0.622. The van der Waals surface area contributed by atoms with Crippen LogP contribution in [0.1, 0.15) is 100 Å². The summed E-state index contributed by atoms with van der Waals surface area (Å²) in [6, 6.07) is 8.08. The Morgan fingerprint density at radius 3 is 2.17 bits per heavy atom. The quantitative estimate of drug-likeness (QED) is 0.152. The third kappa shape index (κ3) is 10.5. The summed E-state index contributed by atoms with van der Waals surface area (Å²) in [5, 5.41) is -0.829. The predicted molar refractivity (Wildman–Crippen MR) is 125 cm³/mol. The maximum atomic E-state index is 12.1. The molecule has 29 heavy (non-hydrogen) atoms. The van der Waals surface area contributed by atoms with Crippen molar-refractivity contribution in [3.8, 4) is 0 Å². The number of rotatable bonds is 16. The maximum Gasteiger partial charge on any atom is 0.306 e. The van der Waals surface area contributed by atoms with Crippen molar-refractivity contribution in [2.45, 2.75) is 89.2 Å². The first-order valence-corrected chi connectivity index (χ1v) is 12.4. The average molecular weight is 441 g/mol. The fourth-order valence-electron chi connectivity index (χ4n) is 3.58. The summed E-state index contributed by atoms with van der Waals surface area (Å²) >= 11 is 7.34. The van der Waals surface area contributed by atoms with Crippen LogP contribution in [0.15, 0.2) is 24.3 Å². The summed E-state index contributed by atoms with van der Waals surface area (Å²) in [4.78, 5) is 23.5. The Hall–Kier alpha value is -1.000. The van der Waals surface area contributed by atoms with Gasteiger partial charge in [0.1, 0.15) is 5.25 Å². The molecule has 1 aromatic carbocycles. The van der Waals surface area contributed by atoms with Crippen molar-refractivity contribution in [1.29, 1.82) is 0 Å². The van der Waals surface area contributed by atoms with Crippen LogP contribution in [0.5, 0.6) is 0 Å². The molecule has 2 unspecified atom stereocenters. The van der Waals surface area contributed by atoms with Crippen molar-refractivity contribution in [2.75, 3.05) is 12.9 Å². The Labute approximate surface area is 186 Å². The molecule has 0 aliphatic carbocycles. The van der Waals surface area contributed by atoms with Gasteiger partial charge in [-0.1, -0.05) is 89.5 Å². The van der Waals surface area contributed by atoms with E-state index >= 15 is 0 Å². The summed E-state index contributed by atoms with van der Waals surface area (Å²) in [6.07, 6.45) is 11.9. The number of esters is 1. The lowest BCUT2D eigenvalue weighted by molar-refractivity contribution is -0.140. The molecule has 164 valence electrons. The Morgan fingerprint density at radius 2 is 1.59 bits per heavy atom. The van der Waals surface area contributed by atoms with Crippen molar-refractivity contribution >= 4 is 34.6 Å². The molecule has 0 N–H and O–H groups in total. The molecule has 0 bridgehead atoms. The summed E-state index contributed by atoms with van der Waals surface area (Å²) in [7, 11) is 1.37. The molecule has 0 saturated heterocycles. The minimum atomic E-state index is -0.446. The molecule has 1 rings (SSSR count). The van der Waals surface area contributed by atoms with Crippen LogP contribution in [0.4, 0.5) is 0 Å². The lowest BCUT2D eigenvalue weighted by Gasteiger charge is -2.21. The Kier molecular flexibility index (Phi) is 14.2. The molecule has 0 radical (unpaired) electrons. The molecular weight excluding hydrogens is 404 g/mol. The Morgan fingerprint density at radius 1 is 1.00 bits per heavy atom. The number of carbonyl (C=O) groups is 2. The van der Waals surface area contributed by atoms with Crippen molar-refractivity contribution in [1.82, 2.24) is 0 Å². The second kappa shape index (κ2) is 15.8. The van der Waals surface area contributed by atoms with Crippen LogP contribution in [0, 0.1) is 0 Å². The Bertz CT molecular complexity index is 606. The van der Waals surface area contributed by atoms with Gasteiger partial charge in [0.15, 0.2) is 0 Å². The normalized spacial score (nSPS) is 13.1. The molecule has 2 atom stereocenters. The van der Waals surface area contributed by atoms with Crippen molar-refractivity contribution in [2.24, 2.45) is 0 Å². The van der Waals surface area contributed by atoms with Gasteiger partial charge in [-0.2, -0.15) is 0 Å². The summed E-state index contributed by atoms with van der Waals surface area (Å²) in [6.45, 7) is 4.48. The highest BCUT2D eigenvalue weighted by Gasteiger charge is 2.24. The van der Waals surface area contributed by atoms with E-state index in [-0.39, 0.29) is 17.6 Å². The van der Waals surface area contributed by atoms with Gasteiger partial charge in [0, 0.05) is 5.75 Å². The molecule has 0 amide bonds. The van der Waals surface area contributed by atoms with Crippen LogP contribution in [0.25, 0.3) is 0 Å². The minimum Gasteiger partial charge on any atom is -0.469 e. The lowest BCUT2D eigenvalue weighted by atomic mass is 9.90. The number of carbonyl (C=O) groups excluding carboxylic acids is 2. The van der Waals surface area contributed by atoms with Crippen LogP contribution in [0.2, 0.25) is 0 Å². The molecule has 0 heterocycles. The van der Waals surface area contributed by atoms with Crippen LogP contribution in [0.3, 0.4) is 0 Å². The molecule has 0 fully saturated rings. The number of unbranched alkanes of at least 4 members (excludes halogenated alkanes) is 7. The highest BCUT2D eigenvalue weighted by atomic mass is 35.5. The standard InChI is InChI=1S/C24H37ClO3S/c1-4-5-6-7-8-9-10-11-14-19(2)20-15-12-13-16-21(20)23(24(25)27)29-18-17-22(26)28-3/h12-13,15-16,19,23H,4-11,14,17-18H2,1-3H3. The van der Waals surface area contributed by atoms with Crippen LogP contribution in [-0.2, 0) is 14.3 Å². The number of methoxy groups -OCH3 is 1. The van der Waals surface area contributed by atoms with Crippen LogP contribution >= 0.6 is 23.4 Å². The van der Waals surface area contributed by atoms with Crippen molar-refractivity contribution < 1.29 is 14.3 Å². The monoisotopic (exact) mass is 440 g/mol. The van der Waals surface area contributed by atoms with Gasteiger partial charge < -0.3 is 4.74 Å². The van der Waals surface area contributed by atoms with E-state index in [0.717, 1.165) is 12.0 Å². The second-order valence-corrected chi connectivity index (χ2v) is 9.26. The van der Waals surface area contributed by atoms with Crippen LogP contribution < -0.4 is 0 Å². The third-order valence-electron chi connectivity index (χ3n) is 5.32. The second-order valence-electron chi connectivity index (χ2n) is 7.67. The number of thioether (sulfide) groups is 1. The van der Waals surface area contributed by atoms with Gasteiger partial charge in [0.2, 0.25) is 5.24 Å². The average Bonchev–Trinajstić information content (AvgIpc) is 2.72. The van der Waals surface area contributed by atoms with E-state index in [2.05, 4.69) is 24.7 Å². The molecule has 0 aliphatic rings. The first kappa shape index (κ1) is 26.0. The third-order valence-corrected chi connectivity index (χ3v) is 6.91. The van der Waals surface area contributed by atoms with E-state index in [1.54, 1.807) is 0 Å². The number of hydrogen-bond donors (Lipinski definition) is 0.